The third kappa shape index (κ3) is 2.79. The molecule has 0 bridgehead atoms. The van der Waals surface area contributed by atoms with E-state index in [1.165, 1.54) is 4.90 Å². The Kier molecular flexibility index (Phi) is 3.61. The minimum Gasteiger partial charge on any atom is -0.331 e. The highest BCUT2D eigenvalue weighted by Gasteiger charge is 2.07. The van der Waals surface area contributed by atoms with Crippen molar-refractivity contribution >= 4 is 34.9 Å². The first-order valence-corrected chi connectivity index (χ1v) is 4.69. The van der Waals surface area contributed by atoms with Crippen LogP contribution in [0.5, 0.6) is 0 Å². The van der Waals surface area contributed by atoms with Crippen molar-refractivity contribution in [2.45, 2.75) is 0 Å². The van der Waals surface area contributed by atoms with E-state index in [0.29, 0.717) is 15.7 Å². The van der Waals surface area contributed by atoms with Crippen LogP contribution in [0.25, 0.3) is 0 Å². The van der Waals surface area contributed by atoms with Gasteiger partial charge in [-0.05, 0) is 18.2 Å². The fourth-order valence-electron chi connectivity index (χ4n) is 0.820. The number of benzene rings is 1. The Labute approximate surface area is 92.6 Å². The van der Waals surface area contributed by atoms with Crippen LogP contribution in [0.4, 0.5) is 10.5 Å². The maximum atomic E-state index is 11.3. The number of halogens is 2. The van der Waals surface area contributed by atoms with E-state index in [1.807, 2.05) is 0 Å². The number of carbonyl (C=O) groups is 1. The van der Waals surface area contributed by atoms with E-state index in [1.54, 1.807) is 32.3 Å². The molecular formula is C9H10Cl2N2O. The van der Waals surface area contributed by atoms with Crippen LogP contribution in [-0.4, -0.2) is 25.0 Å². The molecule has 1 aromatic carbocycles. The van der Waals surface area contributed by atoms with Crippen molar-refractivity contribution in [1.82, 2.24) is 4.90 Å². The minimum atomic E-state index is -0.242. The van der Waals surface area contributed by atoms with Crippen LogP contribution >= 0.6 is 23.2 Å². The van der Waals surface area contributed by atoms with Gasteiger partial charge >= 0.3 is 6.03 Å². The van der Waals surface area contributed by atoms with Gasteiger partial charge in [-0.15, -0.1) is 0 Å². The molecule has 14 heavy (non-hydrogen) atoms. The summed E-state index contributed by atoms with van der Waals surface area (Å²) < 4.78 is 0. The quantitative estimate of drug-likeness (QED) is 0.794. The fraction of sp³-hybridized carbons (Fsp3) is 0.222. The smallest absolute Gasteiger partial charge is 0.321 e. The molecule has 0 heterocycles. The zero-order valence-electron chi connectivity index (χ0n) is 7.84. The first-order chi connectivity index (χ1) is 6.50. The molecule has 2 amide bonds. The summed E-state index contributed by atoms with van der Waals surface area (Å²) in [6.07, 6.45) is 0. The number of hydrogen-bond donors (Lipinski definition) is 1. The van der Waals surface area contributed by atoms with E-state index >= 15 is 0 Å². The molecule has 0 atom stereocenters. The fourth-order valence-corrected chi connectivity index (χ4v) is 1.16. The van der Waals surface area contributed by atoms with Crippen molar-refractivity contribution in [1.29, 1.82) is 0 Å². The van der Waals surface area contributed by atoms with Crippen molar-refractivity contribution in [2.75, 3.05) is 19.4 Å². The highest BCUT2D eigenvalue weighted by molar-refractivity contribution is 6.35. The number of rotatable bonds is 1. The van der Waals surface area contributed by atoms with Crippen LogP contribution in [-0.2, 0) is 0 Å². The lowest BCUT2D eigenvalue weighted by atomic mass is 10.3. The van der Waals surface area contributed by atoms with E-state index in [9.17, 15) is 4.79 Å². The molecule has 0 aromatic heterocycles. The van der Waals surface area contributed by atoms with Gasteiger partial charge < -0.3 is 10.2 Å². The van der Waals surface area contributed by atoms with Crippen molar-refractivity contribution < 1.29 is 4.79 Å². The van der Waals surface area contributed by atoms with Crippen molar-refractivity contribution in [2.24, 2.45) is 0 Å². The lowest BCUT2D eigenvalue weighted by Crippen LogP contribution is -2.27. The van der Waals surface area contributed by atoms with Gasteiger partial charge in [0.15, 0.2) is 0 Å². The lowest BCUT2D eigenvalue weighted by molar-refractivity contribution is 0.230. The molecule has 5 heteroatoms. The number of urea groups is 1. The number of anilines is 1. The van der Waals surface area contributed by atoms with Gasteiger partial charge in [0.25, 0.3) is 0 Å². The average molecular weight is 233 g/mol. The molecule has 3 nitrogen and oxygen atoms in total. The van der Waals surface area contributed by atoms with Crippen LogP contribution in [0.1, 0.15) is 0 Å². The average Bonchev–Trinajstić information content (AvgIpc) is 2.11. The number of amides is 2. The van der Waals surface area contributed by atoms with Gasteiger partial charge in [-0.3, -0.25) is 0 Å². The van der Waals surface area contributed by atoms with Crippen molar-refractivity contribution in [3.05, 3.63) is 28.2 Å². The third-order valence-corrected chi connectivity index (χ3v) is 2.14. The van der Waals surface area contributed by atoms with Crippen molar-refractivity contribution in [3.8, 4) is 0 Å². The third-order valence-electron chi connectivity index (χ3n) is 1.58. The number of nitrogens with one attached hydrogen (secondary N) is 1. The van der Waals surface area contributed by atoms with Gasteiger partial charge in [0.2, 0.25) is 0 Å². The van der Waals surface area contributed by atoms with Gasteiger partial charge in [0.1, 0.15) is 0 Å². The largest absolute Gasteiger partial charge is 0.331 e. The standard InChI is InChI=1S/C9H10Cl2N2O/c1-13(2)9(14)12-8-5-6(10)3-4-7(8)11/h3-5H,1-2H3,(H,12,14). The highest BCUT2D eigenvalue weighted by atomic mass is 35.5. The van der Waals surface area contributed by atoms with Gasteiger partial charge in [0, 0.05) is 19.1 Å². The summed E-state index contributed by atoms with van der Waals surface area (Å²) in [6, 6.07) is 4.66. The monoisotopic (exact) mass is 232 g/mol. The maximum absolute atomic E-state index is 11.3. The molecule has 0 fully saturated rings. The van der Waals surface area contributed by atoms with Crippen LogP contribution < -0.4 is 5.32 Å². The Morgan fingerprint density at radius 2 is 2.00 bits per heavy atom. The molecule has 0 saturated carbocycles. The van der Waals surface area contributed by atoms with E-state index in [-0.39, 0.29) is 6.03 Å². The molecule has 1 rings (SSSR count). The van der Waals surface area contributed by atoms with Gasteiger partial charge in [-0.1, -0.05) is 23.2 Å². The molecule has 0 unspecified atom stereocenters. The SMILES string of the molecule is CN(C)C(=O)Nc1cc(Cl)ccc1Cl. The molecule has 1 N–H and O–H groups in total. The zero-order valence-corrected chi connectivity index (χ0v) is 9.36. The normalized spacial score (nSPS) is 9.71. The summed E-state index contributed by atoms with van der Waals surface area (Å²) in [6.45, 7) is 0. The number of carbonyl (C=O) groups excluding carboxylic acids is 1. The van der Waals surface area contributed by atoms with Crippen molar-refractivity contribution in [3.63, 3.8) is 0 Å². The molecule has 0 radical (unpaired) electrons. The van der Waals surface area contributed by atoms with E-state index in [2.05, 4.69) is 5.32 Å². The van der Waals surface area contributed by atoms with E-state index in [4.69, 9.17) is 23.2 Å². The first kappa shape index (κ1) is 11.1. The second-order valence-electron chi connectivity index (χ2n) is 2.95. The molecule has 1 aromatic rings. The van der Waals surface area contributed by atoms with E-state index < -0.39 is 0 Å². The Balaban J connectivity index is 2.86. The number of hydrogen-bond acceptors (Lipinski definition) is 1. The van der Waals surface area contributed by atoms with Crippen LogP contribution in [0, 0.1) is 0 Å². The predicted octanol–water partition coefficient (Wildman–Crippen LogP) is 3.09. The summed E-state index contributed by atoms with van der Waals surface area (Å²) in [5, 5.41) is 3.61. The summed E-state index contributed by atoms with van der Waals surface area (Å²) in [7, 11) is 3.29. The summed E-state index contributed by atoms with van der Waals surface area (Å²) in [4.78, 5) is 12.7. The Morgan fingerprint density at radius 1 is 1.36 bits per heavy atom. The Hall–Kier alpha value is -0.930. The summed E-state index contributed by atoms with van der Waals surface area (Å²) >= 11 is 11.6. The molecule has 0 aliphatic carbocycles. The topological polar surface area (TPSA) is 32.3 Å². The molecule has 76 valence electrons. The lowest BCUT2D eigenvalue weighted by Gasteiger charge is -2.12. The van der Waals surface area contributed by atoms with Gasteiger partial charge in [-0.2, -0.15) is 0 Å². The Morgan fingerprint density at radius 3 is 2.57 bits per heavy atom. The Bertz CT molecular complexity index is 353. The zero-order chi connectivity index (χ0) is 10.7. The molecular weight excluding hydrogens is 223 g/mol. The molecule has 0 spiro atoms. The summed E-state index contributed by atoms with van der Waals surface area (Å²) in [5.41, 5.74) is 0.512. The minimum absolute atomic E-state index is 0.242. The second kappa shape index (κ2) is 4.53. The van der Waals surface area contributed by atoms with Crippen LogP contribution in [0.15, 0.2) is 18.2 Å². The second-order valence-corrected chi connectivity index (χ2v) is 3.79. The maximum Gasteiger partial charge on any atom is 0.321 e. The molecule has 0 aliphatic rings. The molecule has 0 aliphatic heterocycles. The van der Waals surface area contributed by atoms with Gasteiger partial charge in [-0.25, -0.2) is 4.79 Å². The van der Waals surface area contributed by atoms with Crippen LogP contribution in [0.2, 0.25) is 10.0 Å². The van der Waals surface area contributed by atoms with Gasteiger partial charge in [0.05, 0.1) is 10.7 Å². The highest BCUT2D eigenvalue weighted by Crippen LogP contribution is 2.25. The first-order valence-electron chi connectivity index (χ1n) is 3.94. The predicted molar refractivity (Wildman–Crippen MR) is 59.2 cm³/mol. The molecule has 0 saturated heterocycles. The summed E-state index contributed by atoms with van der Waals surface area (Å²) in [5.74, 6) is 0. The number of nitrogens with zero attached hydrogens (tertiary/aromatic N) is 1. The van der Waals surface area contributed by atoms with Crippen LogP contribution in [0.3, 0.4) is 0 Å². The van der Waals surface area contributed by atoms with E-state index in [0.717, 1.165) is 0 Å².